The lowest BCUT2D eigenvalue weighted by atomic mass is 10.2. The number of hydrogen-bond donors (Lipinski definition) is 1. The van der Waals surface area contributed by atoms with Gasteiger partial charge in [0, 0.05) is 16.0 Å². The van der Waals surface area contributed by atoms with Crippen LogP contribution in [-0.4, -0.2) is 21.2 Å². The third kappa shape index (κ3) is 4.29. The monoisotopic (exact) mass is 479 g/mol. The smallest absolute Gasteiger partial charge is 0.298 e. The Labute approximate surface area is 196 Å². The van der Waals surface area contributed by atoms with Crippen molar-refractivity contribution in [3.8, 4) is 0 Å². The van der Waals surface area contributed by atoms with Crippen molar-refractivity contribution in [3.63, 3.8) is 0 Å². The molecule has 0 saturated heterocycles. The number of aryl methyl sites for hydroxylation is 1. The van der Waals surface area contributed by atoms with Gasteiger partial charge in [0.2, 0.25) is 11.5 Å². The number of anilines is 1. The van der Waals surface area contributed by atoms with Gasteiger partial charge < -0.3 is 9.73 Å². The van der Waals surface area contributed by atoms with Gasteiger partial charge in [0.15, 0.2) is 5.16 Å². The fraction of sp³-hybridized carbons (Fsp3) is 0.125. The summed E-state index contributed by atoms with van der Waals surface area (Å²) in [6, 6.07) is 15.4. The highest BCUT2D eigenvalue weighted by molar-refractivity contribution is 7.99. The molecule has 5 rings (SSSR count). The Kier molecular flexibility index (Phi) is 5.74. The lowest BCUT2D eigenvalue weighted by Crippen LogP contribution is -2.24. The van der Waals surface area contributed by atoms with E-state index in [1.54, 1.807) is 13.0 Å². The van der Waals surface area contributed by atoms with E-state index < -0.39 is 0 Å². The third-order valence-corrected chi connectivity index (χ3v) is 6.97. The number of amides is 1. The molecule has 0 radical (unpaired) electrons. The van der Waals surface area contributed by atoms with E-state index in [9.17, 15) is 14.0 Å². The van der Waals surface area contributed by atoms with Crippen LogP contribution < -0.4 is 10.9 Å². The number of carbonyl (C=O) groups is 1. The van der Waals surface area contributed by atoms with E-state index in [0.29, 0.717) is 34.1 Å². The topological polar surface area (TPSA) is 77.1 Å². The predicted octanol–water partition coefficient (Wildman–Crippen LogP) is 5.43. The normalized spacial score (nSPS) is 11.3. The highest BCUT2D eigenvalue weighted by Crippen LogP contribution is 2.28. The molecule has 33 heavy (non-hydrogen) atoms. The highest BCUT2D eigenvalue weighted by atomic mass is 32.2. The molecule has 1 amide bonds. The molecule has 9 heteroatoms. The highest BCUT2D eigenvalue weighted by Gasteiger charge is 2.19. The molecule has 0 unspecified atom stereocenters. The van der Waals surface area contributed by atoms with E-state index in [4.69, 9.17) is 9.40 Å². The predicted molar refractivity (Wildman–Crippen MR) is 130 cm³/mol. The van der Waals surface area contributed by atoms with E-state index in [-0.39, 0.29) is 28.6 Å². The zero-order valence-electron chi connectivity index (χ0n) is 17.5. The summed E-state index contributed by atoms with van der Waals surface area (Å²) in [4.78, 5) is 31.7. The second-order valence-corrected chi connectivity index (χ2v) is 9.41. The number of thioether (sulfide) groups is 1. The number of aromatic nitrogens is 2. The summed E-state index contributed by atoms with van der Waals surface area (Å²) in [7, 11) is 0. The number of carbonyl (C=O) groups excluding carboxylic acids is 1. The molecular weight excluding hydrogens is 461 g/mol. The maximum atomic E-state index is 13.3. The van der Waals surface area contributed by atoms with E-state index in [1.165, 1.54) is 45.9 Å². The molecule has 0 spiro atoms. The molecule has 0 aliphatic carbocycles. The molecule has 0 aliphatic rings. The van der Waals surface area contributed by atoms with Crippen molar-refractivity contribution >= 4 is 56.8 Å². The van der Waals surface area contributed by atoms with Crippen molar-refractivity contribution in [3.05, 3.63) is 86.6 Å². The van der Waals surface area contributed by atoms with Crippen molar-refractivity contribution in [2.75, 3.05) is 11.1 Å². The van der Waals surface area contributed by atoms with Crippen LogP contribution in [0, 0.1) is 12.7 Å². The molecule has 0 aliphatic heterocycles. The van der Waals surface area contributed by atoms with Crippen LogP contribution in [0.4, 0.5) is 10.1 Å². The lowest BCUT2D eigenvalue weighted by molar-refractivity contribution is -0.113. The Balaban J connectivity index is 1.49. The Morgan fingerprint density at radius 2 is 2.06 bits per heavy atom. The molecule has 0 atom stereocenters. The molecule has 0 fully saturated rings. The zero-order chi connectivity index (χ0) is 22.9. The Morgan fingerprint density at radius 1 is 1.21 bits per heavy atom. The van der Waals surface area contributed by atoms with E-state index in [0.717, 1.165) is 10.3 Å². The quantitative estimate of drug-likeness (QED) is 0.260. The number of benzene rings is 2. The summed E-state index contributed by atoms with van der Waals surface area (Å²) in [5.41, 5.74) is 2.15. The van der Waals surface area contributed by atoms with Crippen LogP contribution in [0.5, 0.6) is 0 Å². The van der Waals surface area contributed by atoms with Crippen LogP contribution in [0.25, 0.3) is 22.1 Å². The van der Waals surface area contributed by atoms with E-state index >= 15 is 0 Å². The number of nitrogens with one attached hydrogen (secondary N) is 1. The molecule has 2 aromatic carbocycles. The number of rotatable bonds is 6. The maximum Gasteiger partial charge on any atom is 0.298 e. The van der Waals surface area contributed by atoms with Gasteiger partial charge in [-0.25, -0.2) is 9.37 Å². The summed E-state index contributed by atoms with van der Waals surface area (Å²) >= 11 is 2.71. The molecule has 1 N–H and O–H groups in total. The van der Waals surface area contributed by atoms with Crippen LogP contribution in [0.2, 0.25) is 0 Å². The molecule has 0 saturated carbocycles. The average Bonchev–Trinajstić information content (AvgIpc) is 3.44. The second kappa shape index (κ2) is 8.84. The first kappa shape index (κ1) is 21.4. The van der Waals surface area contributed by atoms with Gasteiger partial charge in [-0.1, -0.05) is 30.0 Å². The van der Waals surface area contributed by atoms with Crippen molar-refractivity contribution in [1.82, 2.24) is 9.55 Å². The van der Waals surface area contributed by atoms with Gasteiger partial charge in [-0.05, 0) is 54.3 Å². The van der Waals surface area contributed by atoms with Crippen LogP contribution in [0.15, 0.2) is 74.3 Å². The number of nitrogens with zero attached hydrogens (tertiary/aromatic N) is 2. The summed E-state index contributed by atoms with van der Waals surface area (Å²) in [5, 5.41) is 5.91. The van der Waals surface area contributed by atoms with E-state index in [2.05, 4.69) is 5.32 Å². The molecule has 0 bridgehead atoms. The number of furan rings is 1. The molecular formula is C24H18FN3O3S2. The summed E-state index contributed by atoms with van der Waals surface area (Å²) < 4.78 is 20.7. The van der Waals surface area contributed by atoms with Crippen LogP contribution in [0.1, 0.15) is 10.4 Å². The lowest BCUT2D eigenvalue weighted by Gasteiger charge is -2.12. The first-order valence-electron chi connectivity index (χ1n) is 10.1. The first-order valence-corrected chi connectivity index (χ1v) is 12.0. The van der Waals surface area contributed by atoms with Gasteiger partial charge in [0.05, 0.1) is 12.3 Å². The number of fused-ring (bicyclic) bond motifs is 3. The minimum atomic E-state index is -0.359. The van der Waals surface area contributed by atoms with Gasteiger partial charge in [0.25, 0.3) is 5.56 Å². The zero-order valence-corrected chi connectivity index (χ0v) is 19.1. The Hall–Kier alpha value is -3.43. The number of hydrogen-bond acceptors (Lipinski definition) is 6. The molecule has 5 aromatic rings. The summed E-state index contributed by atoms with van der Waals surface area (Å²) in [6.45, 7) is 2.06. The fourth-order valence-electron chi connectivity index (χ4n) is 3.54. The maximum absolute atomic E-state index is 13.3. The van der Waals surface area contributed by atoms with Crippen LogP contribution >= 0.6 is 23.1 Å². The van der Waals surface area contributed by atoms with Gasteiger partial charge in [0.1, 0.15) is 16.9 Å². The van der Waals surface area contributed by atoms with Gasteiger partial charge in [-0.3, -0.25) is 14.2 Å². The van der Waals surface area contributed by atoms with Crippen LogP contribution in [0.3, 0.4) is 0 Å². The average molecular weight is 480 g/mol. The second-order valence-electron chi connectivity index (χ2n) is 7.44. The van der Waals surface area contributed by atoms with Crippen molar-refractivity contribution in [2.45, 2.75) is 18.6 Å². The van der Waals surface area contributed by atoms with Gasteiger partial charge in [-0.15, -0.1) is 11.3 Å². The fourth-order valence-corrected chi connectivity index (χ4v) is 5.03. The number of para-hydroxylation sites is 1. The molecule has 3 heterocycles. The minimum absolute atomic E-state index is 0.0367. The molecule has 166 valence electrons. The van der Waals surface area contributed by atoms with Crippen molar-refractivity contribution < 1.29 is 13.6 Å². The largest absolute Gasteiger partial charge is 0.448 e. The number of thiophene rings is 1. The Morgan fingerprint density at radius 3 is 2.85 bits per heavy atom. The van der Waals surface area contributed by atoms with E-state index in [1.807, 2.05) is 35.7 Å². The summed E-state index contributed by atoms with van der Waals surface area (Å²) in [6.07, 6.45) is 0. The van der Waals surface area contributed by atoms with Crippen molar-refractivity contribution in [2.24, 2.45) is 0 Å². The van der Waals surface area contributed by atoms with Crippen LogP contribution in [-0.2, 0) is 11.3 Å². The van der Waals surface area contributed by atoms with Gasteiger partial charge in [-0.2, -0.15) is 0 Å². The first-order chi connectivity index (χ1) is 16.0. The molecule has 3 aromatic heterocycles. The standard InChI is InChI=1S/C24H18FN3O3S2/c1-14-11-15(25)8-9-18(14)26-20(29)13-33-24-27-21-17-6-2-3-7-19(17)31-22(21)23(30)28(24)12-16-5-4-10-32-16/h2-11H,12-13H2,1H3,(H,26,29). The Bertz CT molecular complexity index is 1540. The third-order valence-electron chi connectivity index (χ3n) is 5.14. The SMILES string of the molecule is Cc1cc(F)ccc1NC(=O)CSc1nc2c(oc3ccccc32)c(=O)n1Cc1cccs1. The van der Waals surface area contributed by atoms with Crippen molar-refractivity contribution in [1.29, 1.82) is 0 Å². The minimum Gasteiger partial charge on any atom is -0.448 e. The summed E-state index contributed by atoms with van der Waals surface area (Å²) in [5.74, 6) is -0.597. The number of halogens is 1. The molecule has 6 nitrogen and oxygen atoms in total. The van der Waals surface area contributed by atoms with Gasteiger partial charge >= 0.3 is 0 Å².